The number of amides is 1. The third kappa shape index (κ3) is 5.18. The zero-order chi connectivity index (χ0) is 21.0. The van der Waals surface area contributed by atoms with Crippen molar-refractivity contribution in [2.75, 3.05) is 25.1 Å². The molecule has 0 saturated carbocycles. The van der Waals surface area contributed by atoms with Gasteiger partial charge in [0.2, 0.25) is 10.0 Å². The molecule has 1 N–H and O–H groups in total. The summed E-state index contributed by atoms with van der Waals surface area (Å²) in [5.41, 5.74) is 1.10. The van der Waals surface area contributed by atoms with Crippen molar-refractivity contribution in [3.8, 4) is 11.6 Å². The number of aryl methyl sites for hydroxylation is 1. The van der Waals surface area contributed by atoms with Gasteiger partial charge < -0.3 is 9.32 Å². The number of aromatic nitrogens is 2. The summed E-state index contributed by atoms with van der Waals surface area (Å²) in [6, 6.07) is 3.42. The van der Waals surface area contributed by atoms with E-state index in [1.807, 2.05) is 13.2 Å². The lowest BCUT2D eigenvalue weighted by Gasteiger charge is -2.32. The van der Waals surface area contributed by atoms with Gasteiger partial charge in [0.05, 0.1) is 23.3 Å². The van der Waals surface area contributed by atoms with E-state index in [-0.39, 0.29) is 17.7 Å². The fourth-order valence-electron chi connectivity index (χ4n) is 3.40. The van der Waals surface area contributed by atoms with Gasteiger partial charge in [-0.1, -0.05) is 6.92 Å². The normalized spacial score (nSPS) is 15.6. The molecule has 0 aliphatic carbocycles. The number of carbonyl (C=O) groups excluding carboxylic acids is 1. The monoisotopic (exact) mass is 438 g/mol. The molecule has 0 spiro atoms. The molecule has 0 unspecified atom stereocenters. The Bertz CT molecular complexity index is 953. The Balaban J connectivity index is 1.73. The van der Waals surface area contributed by atoms with Gasteiger partial charge in [-0.3, -0.25) is 4.79 Å². The van der Waals surface area contributed by atoms with E-state index in [0.29, 0.717) is 60.2 Å². The summed E-state index contributed by atoms with van der Waals surface area (Å²) in [6.07, 6.45) is 5.20. The molecule has 0 radical (unpaired) electrons. The van der Waals surface area contributed by atoms with Crippen LogP contribution in [0.3, 0.4) is 0 Å². The molecular formula is C19H26N4O4S2. The van der Waals surface area contributed by atoms with E-state index in [9.17, 15) is 13.2 Å². The van der Waals surface area contributed by atoms with Crippen molar-refractivity contribution in [2.24, 2.45) is 0 Å². The van der Waals surface area contributed by atoms with Crippen molar-refractivity contribution >= 4 is 27.7 Å². The summed E-state index contributed by atoms with van der Waals surface area (Å²) in [6.45, 7) is 4.62. The molecule has 1 aliphatic rings. The maximum atomic E-state index is 13.2. The van der Waals surface area contributed by atoms with E-state index in [4.69, 9.17) is 4.42 Å². The van der Waals surface area contributed by atoms with Crippen LogP contribution in [0.2, 0.25) is 0 Å². The number of likely N-dealkylation sites (tertiary alicyclic amines) is 1. The maximum absolute atomic E-state index is 13.2. The Morgan fingerprint density at radius 3 is 2.66 bits per heavy atom. The number of nitrogens with zero attached hydrogens (tertiary/aromatic N) is 3. The van der Waals surface area contributed by atoms with Gasteiger partial charge in [0.25, 0.3) is 5.91 Å². The molecule has 1 aliphatic heterocycles. The van der Waals surface area contributed by atoms with Gasteiger partial charge in [0.1, 0.15) is 5.03 Å². The van der Waals surface area contributed by atoms with Crippen LogP contribution in [0.5, 0.6) is 0 Å². The first-order chi connectivity index (χ1) is 13.8. The number of hydrogen-bond acceptors (Lipinski definition) is 7. The zero-order valence-corrected chi connectivity index (χ0v) is 18.5. The van der Waals surface area contributed by atoms with Crippen LogP contribution in [0.15, 0.2) is 27.8 Å². The lowest BCUT2D eigenvalue weighted by Crippen LogP contribution is -2.47. The molecule has 3 heterocycles. The van der Waals surface area contributed by atoms with Gasteiger partial charge >= 0.3 is 0 Å². The van der Waals surface area contributed by atoms with Gasteiger partial charge in [-0.05, 0) is 44.6 Å². The van der Waals surface area contributed by atoms with Crippen LogP contribution in [0.1, 0.15) is 42.2 Å². The maximum Gasteiger partial charge on any atom is 0.258 e. The van der Waals surface area contributed by atoms with Crippen LogP contribution >= 0.6 is 11.8 Å². The largest absolute Gasteiger partial charge is 0.461 e. The molecule has 2 aromatic heterocycles. The predicted octanol–water partition coefficient (Wildman–Crippen LogP) is 2.70. The lowest BCUT2D eigenvalue weighted by atomic mass is 10.0. The summed E-state index contributed by atoms with van der Waals surface area (Å²) in [5.74, 6) is 1.02. The van der Waals surface area contributed by atoms with Crippen LogP contribution in [-0.2, 0) is 10.0 Å². The highest BCUT2D eigenvalue weighted by Crippen LogP contribution is 2.27. The first kappa shape index (κ1) is 21.8. The van der Waals surface area contributed by atoms with Crippen LogP contribution in [0, 0.1) is 6.92 Å². The summed E-state index contributed by atoms with van der Waals surface area (Å²) < 4.78 is 32.1. The fourth-order valence-corrected chi connectivity index (χ4v) is 5.41. The Labute approximate surface area is 175 Å². The average Bonchev–Trinajstić information content (AvgIpc) is 3.22. The predicted molar refractivity (Wildman–Crippen MR) is 112 cm³/mol. The molecule has 1 saturated heterocycles. The first-order valence-corrected chi connectivity index (χ1v) is 12.5. The summed E-state index contributed by atoms with van der Waals surface area (Å²) >= 11 is 1.40. The Morgan fingerprint density at radius 1 is 1.34 bits per heavy atom. The fraction of sp³-hybridized carbons (Fsp3) is 0.526. The Morgan fingerprint density at radius 2 is 2.07 bits per heavy atom. The Kier molecular flexibility index (Phi) is 6.97. The second-order valence-corrected chi connectivity index (χ2v) is 9.67. The van der Waals surface area contributed by atoms with E-state index >= 15 is 0 Å². The number of piperidine rings is 1. The van der Waals surface area contributed by atoms with E-state index in [1.165, 1.54) is 11.8 Å². The van der Waals surface area contributed by atoms with E-state index < -0.39 is 10.0 Å². The molecule has 29 heavy (non-hydrogen) atoms. The minimum Gasteiger partial charge on any atom is -0.461 e. The summed E-state index contributed by atoms with van der Waals surface area (Å²) in [4.78, 5) is 23.9. The highest BCUT2D eigenvalue weighted by molar-refractivity contribution is 7.98. The van der Waals surface area contributed by atoms with Gasteiger partial charge in [-0.25, -0.2) is 23.1 Å². The van der Waals surface area contributed by atoms with Crippen molar-refractivity contribution < 1.29 is 17.6 Å². The minimum absolute atomic E-state index is 0.118. The molecule has 0 atom stereocenters. The van der Waals surface area contributed by atoms with Gasteiger partial charge in [-0.15, -0.1) is 11.8 Å². The number of thioether (sulfide) groups is 1. The summed E-state index contributed by atoms with van der Waals surface area (Å²) in [7, 11) is -3.25. The number of furan rings is 1. The smallest absolute Gasteiger partial charge is 0.258 e. The highest BCUT2D eigenvalue weighted by atomic mass is 32.2. The zero-order valence-electron chi connectivity index (χ0n) is 16.8. The third-order valence-electron chi connectivity index (χ3n) is 4.81. The standard InChI is InChI=1S/C19H26N4O4S2/c1-4-12-29(25,26)22-14-7-9-23(10-8-14)19(24)16-13(2)20-17(21-18(16)28-3)15-6-5-11-27-15/h5-6,11,14,22H,4,7-10,12H2,1-3H3. The quantitative estimate of drug-likeness (QED) is 0.523. The molecule has 0 aromatic carbocycles. The lowest BCUT2D eigenvalue weighted by molar-refractivity contribution is 0.0705. The van der Waals surface area contributed by atoms with Crippen LogP contribution in [0.25, 0.3) is 11.6 Å². The topological polar surface area (TPSA) is 105 Å². The molecule has 158 valence electrons. The van der Waals surface area contributed by atoms with E-state index in [0.717, 1.165) is 0 Å². The number of rotatable bonds is 7. The average molecular weight is 439 g/mol. The van der Waals surface area contributed by atoms with Crippen molar-refractivity contribution in [3.63, 3.8) is 0 Å². The molecule has 0 bridgehead atoms. The van der Waals surface area contributed by atoms with E-state index in [1.54, 1.807) is 30.2 Å². The van der Waals surface area contributed by atoms with E-state index in [2.05, 4.69) is 14.7 Å². The molecule has 3 rings (SSSR count). The molecule has 10 heteroatoms. The van der Waals surface area contributed by atoms with Crippen molar-refractivity contribution in [3.05, 3.63) is 29.7 Å². The third-order valence-corrected chi connectivity index (χ3v) is 7.13. The molecule has 8 nitrogen and oxygen atoms in total. The summed E-state index contributed by atoms with van der Waals surface area (Å²) in [5, 5.41) is 0.611. The van der Waals surface area contributed by atoms with Crippen molar-refractivity contribution in [1.29, 1.82) is 0 Å². The van der Waals surface area contributed by atoms with Gasteiger partial charge in [0, 0.05) is 19.1 Å². The minimum atomic E-state index is -3.25. The number of carbonyl (C=O) groups is 1. The SMILES string of the molecule is CCCS(=O)(=O)NC1CCN(C(=O)c2c(C)nc(-c3ccco3)nc2SC)CC1. The van der Waals surface area contributed by atoms with Crippen molar-refractivity contribution in [1.82, 2.24) is 19.6 Å². The number of sulfonamides is 1. The molecular weight excluding hydrogens is 412 g/mol. The highest BCUT2D eigenvalue weighted by Gasteiger charge is 2.29. The number of hydrogen-bond donors (Lipinski definition) is 1. The Hall–Kier alpha value is -1.91. The van der Waals surface area contributed by atoms with Gasteiger partial charge in [0.15, 0.2) is 11.6 Å². The van der Waals surface area contributed by atoms with Crippen LogP contribution in [0.4, 0.5) is 0 Å². The van der Waals surface area contributed by atoms with Crippen molar-refractivity contribution in [2.45, 2.75) is 44.2 Å². The van der Waals surface area contributed by atoms with Gasteiger partial charge in [-0.2, -0.15) is 0 Å². The van der Waals surface area contributed by atoms with Crippen LogP contribution < -0.4 is 4.72 Å². The number of nitrogens with one attached hydrogen (secondary N) is 1. The van der Waals surface area contributed by atoms with Crippen LogP contribution in [-0.4, -0.2) is 60.3 Å². The molecule has 2 aromatic rings. The molecule has 1 amide bonds. The second-order valence-electron chi connectivity index (χ2n) is 7.00. The first-order valence-electron chi connectivity index (χ1n) is 9.60. The second kappa shape index (κ2) is 9.27. The molecule has 1 fully saturated rings.